The van der Waals surface area contributed by atoms with E-state index in [4.69, 9.17) is 5.11 Å². The summed E-state index contributed by atoms with van der Waals surface area (Å²) in [7, 11) is 1.49. The number of benzene rings is 1. The highest BCUT2D eigenvalue weighted by Gasteiger charge is 2.17. The number of anilines is 1. The van der Waals surface area contributed by atoms with Crippen molar-refractivity contribution in [3.05, 3.63) is 33.9 Å². The molecule has 8 nitrogen and oxygen atoms in total. The van der Waals surface area contributed by atoms with Crippen molar-refractivity contribution in [2.24, 2.45) is 0 Å². The first-order valence-corrected chi connectivity index (χ1v) is 5.42. The zero-order valence-electron chi connectivity index (χ0n) is 10.2. The van der Waals surface area contributed by atoms with Gasteiger partial charge in [0.25, 0.3) is 5.69 Å². The second kappa shape index (κ2) is 6.34. The molecule has 0 aliphatic carbocycles. The van der Waals surface area contributed by atoms with E-state index in [1.54, 1.807) is 0 Å². The van der Waals surface area contributed by atoms with E-state index in [1.165, 1.54) is 19.2 Å². The van der Waals surface area contributed by atoms with Crippen LogP contribution in [-0.4, -0.2) is 35.5 Å². The molecule has 1 aromatic carbocycles. The molecule has 0 radical (unpaired) electrons. The van der Waals surface area contributed by atoms with Crippen LogP contribution in [0.5, 0.6) is 0 Å². The van der Waals surface area contributed by atoms with E-state index in [0.29, 0.717) is 0 Å². The molecule has 0 bridgehead atoms. The molecule has 0 fully saturated rings. The van der Waals surface area contributed by atoms with Crippen LogP contribution in [0.2, 0.25) is 0 Å². The second-order valence-corrected chi connectivity index (χ2v) is 3.64. The highest BCUT2D eigenvalue weighted by atomic mass is 16.6. The van der Waals surface area contributed by atoms with Crippen molar-refractivity contribution in [2.75, 3.05) is 18.9 Å². The zero-order chi connectivity index (χ0) is 14.4. The van der Waals surface area contributed by atoms with E-state index in [1.807, 2.05) is 0 Å². The smallest absolute Gasteiger partial charge is 0.335 e. The third kappa shape index (κ3) is 3.95. The van der Waals surface area contributed by atoms with Gasteiger partial charge in [-0.2, -0.15) is 0 Å². The molecule has 3 N–H and O–H groups in total. The van der Waals surface area contributed by atoms with E-state index in [9.17, 15) is 19.7 Å². The standard InChI is InChI=1S/C11H13N3O5/c1-12-10(15)4-5-13-8-3-2-7(11(16)17)6-9(8)14(18)19/h2-3,6,13H,4-5H2,1H3,(H,12,15)(H,16,17). The van der Waals surface area contributed by atoms with Gasteiger partial charge in [-0.1, -0.05) is 0 Å². The van der Waals surface area contributed by atoms with Crippen molar-refractivity contribution < 1.29 is 19.6 Å². The summed E-state index contributed by atoms with van der Waals surface area (Å²) in [5.41, 5.74) is -0.320. The molecule has 0 aliphatic heterocycles. The van der Waals surface area contributed by atoms with Crippen molar-refractivity contribution in [2.45, 2.75) is 6.42 Å². The van der Waals surface area contributed by atoms with Gasteiger partial charge in [-0.25, -0.2) is 4.79 Å². The Morgan fingerprint density at radius 3 is 2.63 bits per heavy atom. The Kier molecular flexibility index (Phi) is 4.81. The fourth-order valence-corrected chi connectivity index (χ4v) is 1.40. The number of hydrogen-bond donors (Lipinski definition) is 3. The topological polar surface area (TPSA) is 122 Å². The summed E-state index contributed by atoms with van der Waals surface area (Å²) in [5, 5.41) is 24.8. The molecular weight excluding hydrogens is 254 g/mol. The lowest BCUT2D eigenvalue weighted by atomic mass is 10.1. The number of amides is 1. The zero-order valence-corrected chi connectivity index (χ0v) is 10.2. The lowest BCUT2D eigenvalue weighted by Crippen LogP contribution is -2.21. The van der Waals surface area contributed by atoms with Gasteiger partial charge in [-0.3, -0.25) is 14.9 Å². The molecule has 1 aromatic rings. The van der Waals surface area contributed by atoms with Crippen LogP contribution in [0.25, 0.3) is 0 Å². The van der Waals surface area contributed by atoms with Crippen LogP contribution < -0.4 is 10.6 Å². The Hall–Kier alpha value is -2.64. The number of carbonyl (C=O) groups excluding carboxylic acids is 1. The lowest BCUT2D eigenvalue weighted by Gasteiger charge is -2.07. The molecule has 0 atom stereocenters. The minimum atomic E-state index is -1.24. The minimum Gasteiger partial charge on any atom is -0.478 e. The molecule has 102 valence electrons. The number of nitrogens with one attached hydrogen (secondary N) is 2. The number of nitro groups is 1. The van der Waals surface area contributed by atoms with Crippen molar-refractivity contribution >= 4 is 23.3 Å². The maximum absolute atomic E-state index is 11.0. The summed E-state index contributed by atoms with van der Waals surface area (Å²) in [6.07, 6.45) is 0.161. The first-order valence-electron chi connectivity index (χ1n) is 5.42. The van der Waals surface area contributed by atoms with Crippen LogP contribution in [-0.2, 0) is 4.79 Å². The number of carbonyl (C=O) groups is 2. The van der Waals surface area contributed by atoms with Crippen molar-refractivity contribution in [3.8, 4) is 0 Å². The number of aromatic carboxylic acids is 1. The first-order chi connectivity index (χ1) is 8.95. The summed E-state index contributed by atoms with van der Waals surface area (Å²) in [6, 6.07) is 3.55. The molecule has 1 rings (SSSR count). The van der Waals surface area contributed by atoms with Crippen LogP contribution in [0.3, 0.4) is 0 Å². The summed E-state index contributed by atoms with van der Waals surface area (Å²) in [4.78, 5) is 31.9. The van der Waals surface area contributed by atoms with E-state index in [2.05, 4.69) is 10.6 Å². The molecule has 0 heterocycles. The third-order valence-corrected chi connectivity index (χ3v) is 2.39. The normalized spacial score (nSPS) is 9.74. The van der Waals surface area contributed by atoms with Gasteiger partial charge < -0.3 is 15.7 Å². The van der Waals surface area contributed by atoms with Crippen LogP contribution >= 0.6 is 0 Å². The molecule has 8 heteroatoms. The molecule has 0 aliphatic rings. The lowest BCUT2D eigenvalue weighted by molar-refractivity contribution is -0.384. The molecular formula is C11H13N3O5. The predicted octanol–water partition coefficient (Wildman–Crippen LogP) is 0.841. The number of rotatable bonds is 6. The number of nitro benzene ring substituents is 1. The Morgan fingerprint density at radius 1 is 1.42 bits per heavy atom. The maximum Gasteiger partial charge on any atom is 0.335 e. The van der Waals surface area contributed by atoms with Gasteiger partial charge in [-0.15, -0.1) is 0 Å². The quantitative estimate of drug-likeness (QED) is 0.518. The van der Waals surface area contributed by atoms with Gasteiger partial charge in [0.1, 0.15) is 5.69 Å². The number of carboxylic acid groups (broad SMARTS) is 1. The van der Waals surface area contributed by atoms with Gasteiger partial charge in [0.2, 0.25) is 5.91 Å². The summed E-state index contributed by atoms with van der Waals surface area (Å²) >= 11 is 0. The monoisotopic (exact) mass is 267 g/mol. The summed E-state index contributed by atoms with van der Waals surface area (Å²) in [5.74, 6) is -1.43. The van der Waals surface area contributed by atoms with E-state index < -0.39 is 10.9 Å². The average Bonchev–Trinajstić information content (AvgIpc) is 2.38. The number of carboxylic acids is 1. The van der Waals surface area contributed by atoms with Crippen LogP contribution in [0, 0.1) is 10.1 Å². The number of nitrogens with zero attached hydrogens (tertiary/aromatic N) is 1. The van der Waals surface area contributed by atoms with E-state index in [0.717, 1.165) is 6.07 Å². The molecule has 0 unspecified atom stereocenters. The van der Waals surface area contributed by atoms with Crippen LogP contribution in [0.1, 0.15) is 16.8 Å². The van der Waals surface area contributed by atoms with Crippen LogP contribution in [0.15, 0.2) is 18.2 Å². The van der Waals surface area contributed by atoms with Gasteiger partial charge in [0.05, 0.1) is 10.5 Å². The van der Waals surface area contributed by atoms with Gasteiger partial charge >= 0.3 is 5.97 Å². The van der Waals surface area contributed by atoms with Crippen LogP contribution in [0.4, 0.5) is 11.4 Å². The van der Waals surface area contributed by atoms with Crippen molar-refractivity contribution in [1.82, 2.24) is 5.32 Å². The van der Waals surface area contributed by atoms with E-state index >= 15 is 0 Å². The Morgan fingerprint density at radius 2 is 2.11 bits per heavy atom. The molecule has 0 saturated heterocycles. The second-order valence-electron chi connectivity index (χ2n) is 3.64. The largest absolute Gasteiger partial charge is 0.478 e. The Balaban J connectivity index is 2.85. The molecule has 0 spiro atoms. The first kappa shape index (κ1) is 14.4. The fourth-order valence-electron chi connectivity index (χ4n) is 1.40. The highest BCUT2D eigenvalue weighted by molar-refractivity contribution is 5.89. The number of hydrogen-bond acceptors (Lipinski definition) is 5. The third-order valence-electron chi connectivity index (χ3n) is 2.39. The van der Waals surface area contributed by atoms with Gasteiger partial charge in [-0.05, 0) is 12.1 Å². The van der Waals surface area contributed by atoms with Crippen molar-refractivity contribution in [1.29, 1.82) is 0 Å². The fraction of sp³-hybridized carbons (Fsp3) is 0.273. The maximum atomic E-state index is 11.0. The Bertz CT molecular complexity index is 515. The summed E-state index contributed by atoms with van der Waals surface area (Å²) < 4.78 is 0. The van der Waals surface area contributed by atoms with E-state index in [-0.39, 0.29) is 35.8 Å². The molecule has 0 aromatic heterocycles. The van der Waals surface area contributed by atoms with Crippen molar-refractivity contribution in [3.63, 3.8) is 0 Å². The predicted molar refractivity (Wildman–Crippen MR) is 67.2 cm³/mol. The SMILES string of the molecule is CNC(=O)CCNc1ccc(C(=O)O)cc1[N+](=O)[O-]. The molecule has 0 saturated carbocycles. The molecule has 1 amide bonds. The highest BCUT2D eigenvalue weighted by Crippen LogP contribution is 2.25. The average molecular weight is 267 g/mol. The minimum absolute atomic E-state index is 0.161. The molecule has 19 heavy (non-hydrogen) atoms. The Labute approximate surface area is 108 Å². The summed E-state index contributed by atoms with van der Waals surface area (Å²) in [6.45, 7) is 0.215. The van der Waals surface area contributed by atoms with Gasteiger partial charge in [0.15, 0.2) is 0 Å². The van der Waals surface area contributed by atoms with Gasteiger partial charge in [0, 0.05) is 26.1 Å².